The highest BCUT2D eigenvalue weighted by atomic mass is 16.5. The van der Waals surface area contributed by atoms with E-state index in [-0.39, 0.29) is 5.91 Å². The molecule has 2 aromatic carbocycles. The lowest BCUT2D eigenvalue weighted by Crippen LogP contribution is -2.12. The van der Waals surface area contributed by atoms with Gasteiger partial charge in [0, 0.05) is 16.8 Å². The Morgan fingerprint density at radius 1 is 1.21 bits per heavy atom. The van der Waals surface area contributed by atoms with Gasteiger partial charge in [-0.3, -0.25) is 4.79 Å². The quantitative estimate of drug-likeness (QED) is 0.798. The first kappa shape index (κ1) is 15.4. The van der Waals surface area contributed by atoms with Crippen LogP contribution in [0.5, 0.6) is 0 Å². The summed E-state index contributed by atoms with van der Waals surface area (Å²) in [5.41, 5.74) is 3.22. The predicted molar refractivity (Wildman–Crippen MR) is 88.3 cm³/mol. The summed E-state index contributed by atoms with van der Waals surface area (Å²) in [5.74, 6) is 0.740. The molecule has 0 saturated heterocycles. The van der Waals surface area contributed by atoms with E-state index in [1.165, 1.54) is 0 Å². The van der Waals surface area contributed by atoms with Crippen molar-refractivity contribution in [2.75, 3.05) is 5.32 Å². The Balaban J connectivity index is 1.82. The minimum absolute atomic E-state index is 0.267. The van der Waals surface area contributed by atoms with E-state index in [1.54, 1.807) is 43.3 Å². The highest BCUT2D eigenvalue weighted by molar-refractivity contribution is 6.04. The van der Waals surface area contributed by atoms with Crippen molar-refractivity contribution in [1.82, 2.24) is 10.1 Å². The molecule has 1 aromatic heterocycles. The molecule has 0 fully saturated rings. The zero-order valence-corrected chi connectivity index (χ0v) is 13.2. The second kappa shape index (κ2) is 6.34. The van der Waals surface area contributed by atoms with E-state index in [4.69, 9.17) is 9.78 Å². The summed E-state index contributed by atoms with van der Waals surface area (Å²) in [6, 6.07) is 14.0. The molecule has 3 rings (SSSR count). The molecule has 1 amide bonds. The molecular formula is C18H14N4O2. The van der Waals surface area contributed by atoms with Crippen LogP contribution in [0.4, 0.5) is 5.69 Å². The number of nitriles is 1. The Bertz CT molecular complexity index is 954. The summed E-state index contributed by atoms with van der Waals surface area (Å²) in [4.78, 5) is 16.5. The van der Waals surface area contributed by atoms with Crippen LogP contribution >= 0.6 is 0 Å². The van der Waals surface area contributed by atoms with Crippen molar-refractivity contribution in [3.63, 3.8) is 0 Å². The number of carbonyl (C=O) groups is 1. The van der Waals surface area contributed by atoms with Gasteiger partial charge < -0.3 is 9.84 Å². The molecule has 0 atom stereocenters. The number of anilines is 1. The van der Waals surface area contributed by atoms with Crippen LogP contribution in [0, 0.1) is 25.2 Å². The Morgan fingerprint density at radius 2 is 2.04 bits per heavy atom. The first-order chi connectivity index (χ1) is 11.6. The molecule has 6 heteroatoms. The lowest BCUT2D eigenvalue weighted by molar-refractivity contribution is 0.102. The van der Waals surface area contributed by atoms with Crippen molar-refractivity contribution in [2.45, 2.75) is 13.8 Å². The molecule has 0 aliphatic heterocycles. The SMILES string of the molecule is Cc1noc(-c2ccc(NC(=O)c3cccc(C#N)c3)c(C)c2)n1. The van der Waals surface area contributed by atoms with Gasteiger partial charge in [0.1, 0.15) is 0 Å². The van der Waals surface area contributed by atoms with Gasteiger partial charge in [0.05, 0.1) is 11.6 Å². The van der Waals surface area contributed by atoms with Crippen LogP contribution < -0.4 is 5.32 Å². The van der Waals surface area contributed by atoms with Gasteiger partial charge in [-0.1, -0.05) is 11.2 Å². The largest absolute Gasteiger partial charge is 0.334 e. The molecule has 24 heavy (non-hydrogen) atoms. The third-order valence-corrected chi connectivity index (χ3v) is 3.50. The normalized spacial score (nSPS) is 10.2. The van der Waals surface area contributed by atoms with Crippen LogP contribution in [0.1, 0.15) is 27.3 Å². The summed E-state index contributed by atoms with van der Waals surface area (Å²) < 4.78 is 5.14. The monoisotopic (exact) mass is 318 g/mol. The number of hydrogen-bond acceptors (Lipinski definition) is 5. The smallest absolute Gasteiger partial charge is 0.257 e. The summed E-state index contributed by atoms with van der Waals surface area (Å²) in [7, 11) is 0. The maximum atomic E-state index is 12.3. The molecule has 0 spiro atoms. The fourth-order valence-corrected chi connectivity index (χ4v) is 2.28. The van der Waals surface area contributed by atoms with Crippen LogP contribution in [-0.4, -0.2) is 16.0 Å². The van der Waals surface area contributed by atoms with Gasteiger partial charge in [0.25, 0.3) is 11.8 Å². The molecule has 1 N–H and O–H groups in total. The standard InChI is InChI=1S/C18H14N4O2/c1-11-8-15(18-20-12(2)22-24-18)6-7-16(11)21-17(23)14-5-3-4-13(9-14)10-19/h3-9H,1-2H3,(H,21,23). The van der Waals surface area contributed by atoms with Crippen LogP contribution in [0.3, 0.4) is 0 Å². The van der Waals surface area contributed by atoms with Crippen LogP contribution in [0.15, 0.2) is 47.0 Å². The minimum Gasteiger partial charge on any atom is -0.334 e. The fraction of sp³-hybridized carbons (Fsp3) is 0.111. The Hall–Kier alpha value is -3.46. The first-order valence-corrected chi connectivity index (χ1v) is 7.29. The average Bonchev–Trinajstić information content (AvgIpc) is 3.03. The predicted octanol–water partition coefficient (Wildman–Crippen LogP) is 3.48. The second-order valence-corrected chi connectivity index (χ2v) is 5.32. The van der Waals surface area contributed by atoms with Gasteiger partial charge in [-0.2, -0.15) is 10.2 Å². The number of nitrogens with one attached hydrogen (secondary N) is 1. The van der Waals surface area contributed by atoms with Crippen LogP contribution in [-0.2, 0) is 0 Å². The van der Waals surface area contributed by atoms with E-state index in [0.717, 1.165) is 11.1 Å². The van der Waals surface area contributed by atoms with Crippen molar-refractivity contribution in [2.24, 2.45) is 0 Å². The molecule has 0 radical (unpaired) electrons. The van der Waals surface area contributed by atoms with Crippen molar-refractivity contribution >= 4 is 11.6 Å². The van der Waals surface area contributed by atoms with Crippen molar-refractivity contribution < 1.29 is 9.32 Å². The molecule has 0 unspecified atom stereocenters. The zero-order chi connectivity index (χ0) is 17.1. The van der Waals surface area contributed by atoms with E-state index >= 15 is 0 Å². The average molecular weight is 318 g/mol. The van der Waals surface area contributed by atoms with E-state index in [2.05, 4.69) is 15.5 Å². The van der Waals surface area contributed by atoms with Crippen molar-refractivity contribution in [3.05, 3.63) is 65.0 Å². The molecule has 0 aliphatic carbocycles. The summed E-state index contributed by atoms with van der Waals surface area (Å²) in [5, 5.41) is 15.5. The second-order valence-electron chi connectivity index (χ2n) is 5.32. The molecule has 1 heterocycles. The zero-order valence-electron chi connectivity index (χ0n) is 13.2. The van der Waals surface area contributed by atoms with E-state index in [0.29, 0.717) is 28.5 Å². The minimum atomic E-state index is -0.267. The summed E-state index contributed by atoms with van der Waals surface area (Å²) in [6.07, 6.45) is 0. The van der Waals surface area contributed by atoms with Gasteiger partial charge in [-0.25, -0.2) is 0 Å². The highest BCUT2D eigenvalue weighted by Crippen LogP contribution is 2.24. The Kier molecular flexibility index (Phi) is 4.08. The maximum Gasteiger partial charge on any atom is 0.257 e. The molecule has 0 saturated carbocycles. The van der Waals surface area contributed by atoms with Gasteiger partial charge in [-0.15, -0.1) is 0 Å². The van der Waals surface area contributed by atoms with Crippen LogP contribution in [0.2, 0.25) is 0 Å². The number of aromatic nitrogens is 2. The van der Waals surface area contributed by atoms with E-state index in [9.17, 15) is 4.79 Å². The van der Waals surface area contributed by atoms with Crippen LogP contribution in [0.25, 0.3) is 11.5 Å². The Morgan fingerprint density at radius 3 is 2.71 bits per heavy atom. The van der Waals surface area contributed by atoms with E-state index in [1.807, 2.05) is 19.1 Å². The highest BCUT2D eigenvalue weighted by Gasteiger charge is 2.11. The van der Waals surface area contributed by atoms with Gasteiger partial charge in [0.15, 0.2) is 5.82 Å². The third-order valence-electron chi connectivity index (χ3n) is 3.50. The third kappa shape index (κ3) is 3.15. The maximum absolute atomic E-state index is 12.3. The topological polar surface area (TPSA) is 91.8 Å². The molecular weight excluding hydrogens is 304 g/mol. The number of aryl methyl sites for hydroxylation is 2. The van der Waals surface area contributed by atoms with Crippen molar-refractivity contribution in [1.29, 1.82) is 5.26 Å². The molecule has 3 aromatic rings. The number of rotatable bonds is 3. The van der Waals surface area contributed by atoms with E-state index < -0.39 is 0 Å². The van der Waals surface area contributed by atoms with Gasteiger partial charge in [0.2, 0.25) is 0 Å². The Labute approximate surface area is 138 Å². The molecule has 118 valence electrons. The molecule has 0 aliphatic rings. The first-order valence-electron chi connectivity index (χ1n) is 7.29. The number of benzene rings is 2. The summed E-state index contributed by atoms with van der Waals surface area (Å²) >= 11 is 0. The van der Waals surface area contributed by atoms with Crippen molar-refractivity contribution in [3.8, 4) is 17.5 Å². The number of nitrogens with zero attached hydrogens (tertiary/aromatic N) is 3. The number of amides is 1. The lowest BCUT2D eigenvalue weighted by Gasteiger charge is -2.09. The fourth-order valence-electron chi connectivity index (χ4n) is 2.28. The molecule has 0 bridgehead atoms. The number of hydrogen-bond donors (Lipinski definition) is 1. The van der Waals surface area contributed by atoms with Gasteiger partial charge >= 0.3 is 0 Å². The molecule has 6 nitrogen and oxygen atoms in total. The lowest BCUT2D eigenvalue weighted by atomic mass is 10.1. The number of carbonyl (C=O) groups excluding carboxylic acids is 1. The van der Waals surface area contributed by atoms with Gasteiger partial charge in [-0.05, 0) is 55.8 Å². The summed E-state index contributed by atoms with van der Waals surface area (Å²) in [6.45, 7) is 3.64.